The van der Waals surface area contributed by atoms with E-state index < -0.39 is 0 Å². The third-order valence-corrected chi connectivity index (χ3v) is 3.89. The highest BCUT2D eigenvalue weighted by Gasteiger charge is 2.06. The molecule has 0 unspecified atom stereocenters. The standard InChI is InChI=1S/C16H18BrNO3/c1-12-10-13(5-6-15(12)17)16(19)18-7-3-8-20-11-14-4-2-9-21-14/h2,4-6,9-10H,3,7-8,11H2,1H3,(H,18,19). The fraction of sp³-hybridized carbons (Fsp3) is 0.312. The van der Waals surface area contributed by atoms with Crippen molar-refractivity contribution < 1.29 is 13.9 Å². The molecule has 0 aliphatic carbocycles. The first-order chi connectivity index (χ1) is 10.2. The molecule has 0 radical (unpaired) electrons. The van der Waals surface area contributed by atoms with E-state index in [1.54, 1.807) is 12.3 Å². The van der Waals surface area contributed by atoms with Gasteiger partial charge in [-0.05, 0) is 49.2 Å². The van der Waals surface area contributed by atoms with Gasteiger partial charge in [-0.3, -0.25) is 4.79 Å². The van der Waals surface area contributed by atoms with Crippen LogP contribution in [-0.2, 0) is 11.3 Å². The molecular weight excluding hydrogens is 334 g/mol. The molecule has 21 heavy (non-hydrogen) atoms. The Morgan fingerprint density at radius 3 is 2.95 bits per heavy atom. The maximum Gasteiger partial charge on any atom is 0.251 e. The van der Waals surface area contributed by atoms with E-state index >= 15 is 0 Å². The Balaban J connectivity index is 1.63. The van der Waals surface area contributed by atoms with E-state index in [9.17, 15) is 4.79 Å². The van der Waals surface area contributed by atoms with Crippen LogP contribution in [0.2, 0.25) is 0 Å². The van der Waals surface area contributed by atoms with Crippen molar-refractivity contribution in [3.63, 3.8) is 0 Å². The van der Waals surface area contributed by atoms with Gasteiger partial charge in [0.1, 0.15) is 12.4 Å². The number of carbonyl (C=O) groups is 1. The molecule has 0 bridgehead atoms. The molecular formula is C16H18BrNO3. The van der Waals surface area contributed by atoms with E-state index in [-0.39, 0.29) is 5.91 Å². The normalized spacial score (nSPS) is 10.6. The average molecular weight is 352 g/mol. The summed E-state index contributed by atoms with van der Waals surface area (Å²) in [7, 11) is 0. The van der Waals surface area contributed by atoms with Crippen molar-refractivity contribution in [3.05, 3.63) is 58.0 Å². The fourth-order valence-electron chi connectivity index (χ4n) is 1.83. The van der Waals surface area contributed by atoms with E-state index in [4.69, 9.17) is 9.15 Å². The van der Waals surface area contributed by atoms with Crippen LogP contribution in [0.3, 0.4) is 0 Å². The third kappa shape index (κ3) is 5.02. The summed E-state index contributed by atoms with van der Waals surface area (Å²) in [5, 5.41) is 2.88. The van der Waals surface area contributed by atoms with Gasteiger partial charge in [0.25, 0.3) is 5.91 Å². The van der Waals surface area contributed by atoms with Crippen molar-refractivity contribution in [1.82, 2.24) is 5.32 Å². The predicted octanol–water partition coefficient (Wildman–Crippen LogP) is 3.69. The molecule has 1 amide bonds. The molecule has 112 valence electrons. The Morgan fingerprint density at radius 2 is 2.24 bits per heavy atom. The quantitative estimate of drug-likeness (QED) is 0.774. The molecule has 0 spiro atoms. The van der Waals surface area contributed by atoms with Gasteiger partial charge in [0.2, 0.25) is 0 Å². The molecule has 0 aliphatic heterocycles. The Morgan fingerprint density at radius 1 is 1.38 bits per heavy atom. The van der Waals surface area contributed by atoms with E-state index in [0.29, 0.717) is 25.3 Å². The molecule has 1 heterocycles. The summed E-state index contributed by atoms with van der Waals surface area (Å²) >= 11 is 3.42. The van der Waals surface area contributed by atoms with Crippen molar-refractivity contribution in [1.29, 1.82) is 0 Å². The van der Waals surface area contributed by atoms with Gasteiger partial charge in [-0.25, -0.2) is 0 Å². The number of benzene rings is 1. The van der Waals surface area contributed by atoms with Crippen molar-refractivity contribution >= 4 is 21.8 Å². The van der Waals surface area contributed by atoms with Crippen LogP contribution < -0.4 is 5.32 Å². The Hall–Kier alpha value is -1.59. The summed E-state index contributed by atoms with van der Waals surface area (Å²) in [5.41, 5.74) is 1.72. The van der Waals surface area contributed by atoms with E-state index in [0.717, 1.165) is 22.2 Å². The number of nitrogens with one attached hydrogen (secondary N) is 1. The van der Waals surface area contributed by atoms with Crippen LogP contribution >= 0.6 is 15.9 Å². The average Bonchev–Trinajstić information content (AvgIpc) is 2.98. The highest BCUT2D eigenvalue weighted by atomic mass is 79.9. The molecule has 0 aliphatic rings. The minimum Gasteiger partial charge on any atom is -0.467 e. The van der Waals surface area contributed by atoms with Gasteiger partial charge in [0, 0.05) is 23.2 Å². The monoisotopic (exact) mass is 351 g/mol. The second-order valence-electron chi connectivity index (χ2n) is 4.71. The van der Waals surface area contributed by atoms with Gasteiger partial charge >= 0.3 is 0 Å². The lowest BCUT2D eigenvalue weighted by Gasteiger charge is -2.07. The number of amides is 1. The Kier molecular flexibility index (Phi) is 6.02. The van der Waals surface area contributed by atoms with E-state index in [1.165, 1.54) is 0 Å². The predicted molar refractivity (Wildman–Crippen MR) is 84.2 cm³/mol. The number of furan rings is 1. The summed E-state index contributed by atoms with van der Waals surface area (Å²) in [6, 6.07) is 9.26. The fourth-order valence-corrected chi connectivity index (χ4v) is 2.08. The zero-order valence-corrected chi connectivity index (χ0v) is 13.5. The Bertz CT molecular complexity index is 581. The van der Waals surface area contributed by atoms with Crippen LogP contribution in [0.1, 0.15) is 28.1 Å². The zero-order chi connectivity index (χ0) is 15.1. The second-order valence-corrected chi connectivity index (χ2v) is 5.56. The maximum absolute atomic E-state index is 11.9. The van der Waals surface area contributed by atoms with Gasteiger partial charge in [-0.2, -0.15) is 0 Å². The minimum atomic E-state index is -0.0587. The number of aryl methyl sites for hydroxylation is 1. The van der Waals surface area contributed by atoms with Crippen LogP contribution in [0.25, 0.3) is 0 Å². The molecule has 1 aromatic heterocycles. The molecule has 2 aromatic rings. The highest BCUT2D eigenvalue weighted by molar-refractivity contribution is 9.10. The summed E-state index contributed by atoms with van der Waals surface area (Å²) in [6.45, 7) is 3.60. The van der Waals surface area contributed by atoms with Gasteiger partial charge in [-0.1, -0.05) is 15.9 Å². The van der Waals surface area contributed by atoms with Crippen LogP contribution in [0.4, 0.5) is 0 Å². The summed E-state index contributed by atoms with van der Waals surface area (Å²) in [6.07, 6.45) is 2.39. The number of carbonyl (C=O) groups excluding carboxylic acids is 1. The van der Waals surface area contributed by atoms with E-state index in [1.807, 2.05) is 31.2 Å². The molecule has 1 N–H and O–H groups in total. The number of rotatable bonds is 7. The van der Waals surface area contributed by atoms with Gasteiger partial charge in [0.05, 0.1) is 6.26 Å². The largest absolute Gasteiger partial charge is 0.467 e. The van der Waals surface area contributed by atoms with Gasteiger partial charge in [-0.15, -0.1) is 0 Å². The maximum atomic E-state index is 11.9. The number of hydrogen-bond acceptors (Lipinski definition) is 3. The lowest BCUT2D eigenvalue weighted by Crippen LogP contribution is -2.25. The number of halogens is 1. The lowest BCUT2D eigenvalue weighted by molar-refractivity contribution is 0.0917. The second kappa shape index (κ2) is 8.00. The van der Waals surface area contributed by atoms with Crippen molar-refractivity contribution in [2.24, 2.45) is 0 Å². The summed E-state index contributed by atoms with van der Waals surface area (Å²) in [4.78, 5) is 11.9. The topological polar surface area (TPSA) is 51.5 Å². The summed E-state index contributed by atoms with van der Waals surface area (Å²) < 4.78 is 11.6. The molecule has 0 fully saturated rings. The molecule has 0 saturated carbocycles. The number of hydrogen-bond donors (Lipinski definition) is 1. The van der Waals surface area contributed by atoms with Crippen LogP contribution in [0, 0.1) is 6.92 Å². The van der Waals surface area contributed by atoms with Gasteiger partial charge in [0.15, 0.2) is 0 Å². The first kappa shape index (κ1) is 15.8. The first-order valence-electron chi connectivity index (χ1n) is 6.81. The SMILES string of the molecule is Cc1cc(C(=O)NCCCOCc2ccco2)ccc1Br. The van der Waals surface area contributed by atoms with Gasteiger partial charge < -0.3 is 14.5 Å². The molecule has 2 rings (SSSR count). The molecule has 4 nitrogen and oxygen atoms in total. The first-order valence-corrected chi connectivity index (χ1v) is 7.60. The molecule has 0 saturated heterocycles. The van der Waals surface area contributed by atoms with Crippen molar-refractivity contribution in [2.45, 2.75) is 20.0 Å². The number of ether oxygens (including phenoxy) is 1. The van der Waals surface area contributed by atoms with Crippen LogP contribution in [-0.4, -0.2) is 19.1 Å². The summed E-state index contributed by atoms with van der Waals surface area (Å²) in [5.74, 6) is 0.751. The zero-order valence-electron chi connectivity index (χ0n) is 11.9. The highest BCUT2D eigenvalue weighted by Crippen LogP contribution is 2.16. The van der Waals surface area contributed by atoms with Crippen LogP contribution in [0.15, 0.2) is 45.5 Å². The van der Waals surface area contributed by atoms with E-state index in [2.05, 4.69) is 21.2 Å². The Labute approximate surface area is 132 Å². The van der Waals surface area contributed by atoms with Crippen LogP contribution in [0.5, 0.6) is 0 Å². The lowest BCUT2D eigenvalue weighted by atomic mass is 10.1. The van der Waals surface area contributed by atoms with Crippen molar-refractivity contribution in [2.75, 3.05) is 13.2 Å². The molecule has 0 atom stereocenters. The minimum absolute atomic E-state index is 0.0587. The third-order valence-electron chi connectivity index (χ3n) is 3.00. The molecule has 1 aromatic carbocycles. The van der Waals surface area contributed by atoms with Crippen molar-refractivity contribution in [3.8, 4) is 0 Å². The smallest absolute Gasteiger partial charge is 0.251 e. The molecule has 5 heteroatoms.